The van der Waals surface area contributed by atoms with Crippen molar-refractivity contribution >= 4 is 11.9 Å². The number of nitrogens with one attached hydrogen (secondary N) is 1. The molecule has 4 rings (SSSR count). The molecule has 2 atom stereocenters. The van der Waals surface area contributed by atoms with Gasteiger partial charge in [0.15, 0.2) is 0 Å². The summed E-state index contributed by atoms with van der Waals surface area (Å²) in [6, 6.07) is 8.63. The maximum Gasteiger partial charge on any atom is 0.227 e. The number of allylic oxidation sites excluding steroid dienone is 1. The van der Waals surface area contributed by atoms with Crippen molar-refractivity contribution in [1.29, 1.82) is 0 Å². The van der Waals surface area contributed by atoms with Crippen LogP contribution in [0.15, 0.2) is 36.4 Å². The highest BCUT2D eigenvalue weighted by Crippen LogP contribution is 2.38. The first kappa shape index (κ1) is 19.6. The molecule has 29 heavy (non-hydrogen) atoms. The molecule has 0 radical (unpaired) electrons. The third-order valence-electron chi connectivity index (χ3n) is 5.63. The summed E-state index contributed by atoms with van der Waals surface area (Å²) >= 11 is 0. The van der Waals surface area contributed by atoms with Crippen LogP contribution in [-0.2, 0) is 22.5 Å². The van der Waals surface area contributed by atoms with Crippen molar-refractivity contribution in [3.05, 3.63) is 53.4 Å². The van der Waals surface area contributed by atoms with E-state index in [0.717, 1.165) is 36.7 Å². The molecule has 2 heterocycles. The number of rotatable bonds is 6. The Kier molecular flexibility index (Phi) is 5.67. The maximum absolute atomic E-state index is 11.2. The van der Waals surface area contributed by atoms with Gasteiger partial charge in [-0.15, -0.1) is 10.2 Å². The van der Waals surface area contributed by atoms with Crippen molar-refractivity contribution in [2.24, 2.45) is 0 Å². The number of carbonyl (C=O) groups is 1. The zero-order chi connectivity index (χ0) is 20.4. The van der Waals surface area contributed by atoms with E-state index in [4.69, 9.17) is 4.74 Å². The lowest BCUT2D eigenvalue weighted by atomic mass is 10.0. The van der Waals surface area contributed by atoms with Gasteiger partial charge in [-0.05, 0) is 30.9 Å². The molecule has 1 aromatic carbocycles. The number of aromatic nitrogens is 3. The minimum atomic E-state index is -0.0571. The second-order valence-corrected chi connectivity index (χ2v) is 8.07. The summed E-state index contributed by atoms with van der Waals surface area (Å²) < 4.78 is 8.04. The molecular formula is C22H29N5O2. The number of benzene rings is 1. The van der Waals surface area contributed by atoms with Gasteiger partial charge in [-0.25, -0.2) is 0 Å². The number of ether oxygens (including phenoxy) is 1. The van der Waals surface area contributed by atoms with Gasteiger partial charge in [-0.1, -0.05) is 36.4 Å². The van der Waals surface area contributed by atoms with Gasteiger partial charge in [0, 0.05) is 39.0 Å². The van der Waals surface area contributed by atoms with E-state index in [1.165, 1.54) is 18.1 Å². The van der Waals surface area contributed by atoms with Gasteiger partial charge in [0.05, 0.1) is 12.7 Å². The number of anilines is 1. The average molecular weight is 396 g/mol. The summed E-state index contributed by atoms with van der Waals surface area (Å²) in [6.45, 7) is 10.9. The van der Waals surface area contributed by atoms with Crippen LogP contribution in [0.25, 0.3) is 0 Å². The van der Waals surface area contributed by atoms with E-state index < -0.39 is 0 Å². The van der Waals surface area contributed by atoms with Crippen LogP contribution in [0.4, 0.5) is 5.95 Å². The monoisotopic (exact) mass is 395 g/mol. The second-order valence-electron chi connectivity index (χ2n) is 8.07. The van der Waals surface area contributed by atoms with E-state index in [1.807, 2.05) is 6.92 Å². The predicted octanol–water partition coefficient (Wildman–Crippen LogP) is 2.27. The molecule has 0 saturated carbocycles. The van der Waals surface area contributed by atoms with Crippen molar-refractivity contribution in [2.75, 3.05) is 31.1 Å². The molecule has 7 nitrogen and oxygen atoms in total. The Labute approximate surface area is 171 Å². The van der Waals surface area contributed by atoms with E-state index in [1.54, 1.807) is 0 Å². The normalized spacial score (nSPS) is 21.1. The third kappa shape index (κ3) is 4.19. The summed E-state index contributed by atoms with van der Waals surface area (Å²) in [5.74, 6) is 2.10. The second kappa shape index (κ2) is 8.37. The topological polar surface area (TPSA) is 72.3 Å². The molecule has 0 bridgehead atoms. The predicted molar refractivity (Wildman–Crippen MR) is 112 cm³/mol. The molecule has 2 unspecified atom stereocenters. The summed E-state index contributed by atoms with van der Waals surface area (Å²) in [5.41, 5.74) is 3.84. The van der Waals surface area contributed by atoms with Crippen molar-refractivity contribution in [1.82, 2.24) is 20.1 Å². The number of nitrogens with zero attached hydrogens (tertiary/aromatic N) is 4. The number of aryl methyl sites for hydroxylation is 1. The third-order valence-corrected chi connectivity index (χ3v) is 5.63. The fourth-order valence-electron chi connectivity index (χ4n) is 4.33. The minimum absolute atomic E-state index is 0.0432. The molecule has 2 aliphatic rings. The molecule has 1 amide bonds. The molecule has 1 aliphatic carbocycles. The standard InChI is InChI=1S/C22H29N5O2/c1-15(2)13-27-21(20-9-8-17-6-4-5-7-19(17)20)24-25-22(27)26-10-11-29-18(14-26)12-23-16(3)28/h4-7,18,20H,1,8-14H2,2-3H3,(H,23,28). The van der Waals surface area contributed by atoms with Crippen LogP contribution in [0.5, 0.6) is 0 Å². The summed E-state index contributed by atoms with van der Waals surface area (Å²) in [4.78, 5) is 13.5. The Balaban J connectivity index is 1.61. The summed E-state index contributed by atoms with van der Waals surface area (Å²) in [5, 5.41) is 12.1. The number of morpholine rings is 1. The summed E-state index contributed by atoms with van der Waals surface area (Å²) in [6.07, 6.45) is 2.08. The Bertz CT molecular complexity index is 906. The maximum atomic E-state index is 11.2. The van der Waals surface area contributed by atoms with Crippen LogP contribution < -0.4 is 10.2 Å². The molecule has 1 saturated heterocycles. The Hall–Kier alpha value is -2.67. The molecule has 1 aromatic heterocycles. The lowest BCUT2D eigenvalue weighted by Gasteiger charge is -2.33. The van der Waals surface area contributed by atoms with E-state index >= 15 is 0 Å². The van der Waals surface area contributed by atoms with Crippen LogP contribution in [-0.4, -0.2) is 53.0 Å². The Morgan fingerprint density at radius 1 is 1.31 bits per heavy atom. The van der Waals surface area contributed by atoms with E-state index in [9.17, 15) is 4.79 Å². The van der Waals surface area contributed by atoms with Crippen molar-refractivity contribution < 1.29 is 9.53 Å². The van der Waals surface area contributed by atoms with Crippen LogP contribution >= 0.6 is 0 Å². The fourth-order valence-corrected chi connectivity index (χ4v) is 4.33. The van der Waals surface area contributed by atoms with Gasteiger partial charge in [0.1, 0.15) is 5.82 Å². The van der Waals surface area contributed by atoms with Crippen molar-refractivity contribution in [3.63, 3.8) is 0 Å². The Morgan fingerprint density at radius 3 is 2.93 bits per heavy atom. The van der Waals surface area contributed by atoms with Crippen LogP contribution in [0.3, 0.4) is 0 Å². The largest absolute Gasteiger partial charge is 0.373 e. The van der Waals surface area contributed by atoms with E-state index in [0.29, 0.717) is 26.2 Å². The number of hydrogen-bond acceptors (Lipinski definition) is 5. The molecule has 1 fully saturated rings. The number of hydrogen-bond donors (Lipinski definition) is 1. The van der Waals surface area contributed by atoms with Crippen LogP contribution in [0.2, 0.25) is 0 Å². The van der Waals surface area contributed by atoms with Gasteiger partial charge in [-0.2, -0.15) is 0 Å². The molecule has 2 aromatic rings. The highest BCUT2D eigenvalue weighted by molar-refractivity contribution is 5.72. The minimum Gasteiger partial charge on any atom is -0.373 e. The highest BCUT2D eigenvalue weighted by Gasteiger charge is 2.31. The molecule has 7 heteroatoms. The lowest BCUT2D eigenvalue weighted by molar-refractivity contribution is -0.119. The molecule has 1 aliphatic heterocycles. The number of amides is 1. The van der Waals surface area contributed by atoms with Crippen LogP contribution in [0.1, 0.15) is 43.1 Å². The number of fused-ring (bicyclic) bond motifs is 1. The average Bonchev–Trinajstić information content (AvgIpc) is 3.30. The van der Waals surface area contributed by atoms with Gasteiger partial charge in [0.2, 0.25) is 11.9 Å². The highest BCUT2D eigenvalue weighted by atomic mass is 16.5. The lowest BCUT2D eigenvalue weighted by Crippen LogP contribution is -2.48. The van der Waals surface area contributed by atoms with Gasteiger partial charge < -0.3 is 15.0 Å². The SMILES string of the molecule is C=C(C)Cn1c(C2CCc3ccccc32)nnc1N1CCOC(CNC(C)=O)C1. The molecular weight excluding hydrogens is 366 g/mol. The van der Waals surface area contributed by atoms with Crippen LogP contribution in [0, 0.1) is 0 Å². The fraction of sp³-hybridized carbons (Fsp3) is 0.500. The van der Waals surface area contributed by atoms with Crippen molar-refractivity contribution in [2.45, 2.75) is 45.3 Å². The zero-order valence-electron chi connectivity index (χ0n) is 17.2. The Morgan fingerprint density at radius 2 is 2.14 bits per heavy atom. The van der Waals surface area contributed by atoms with E-state index in [-0.39, 0.29) is 17.9 Å². The van der Waals surface area contributed by atoms with Gasteiger partial charge >= 0.3 is 0 Å². The first-order chi connectivity index (χ1) is 14.0. The smallest absolute Gasteiger partial charge is 0.227 e. The summed E-state index contributed by atoms with van der Waals surface area (Å²) in [7, 11) is 0. The zero-order valence-corrected chi connectivity index (χ0v) is 17.2. The molecule has 154 valence electrons. The van der Waals surface area contributed by atoms with Gasteiger partial charge in [-0.3, -0.25) is 9.36 Å². The van der Waals surface area contributed by atoms with Crippen molar-refractivity contribution in [3.8, 4) is 0 Å². The van der Waals surface area contributed by atoms with E-state index in [2.05, 4.69) is 55.8 Å². The first-order valence-corrected chi connectivity index (χ1v) is 10.3. The number of carbonyl (C=O) groups excluding carboxylic acids is 1. The van der Waals surface area contributed by atoms with Gasteiger partial charge in [0.25, 0.3) is 0 Å². The quantitative estimate of drug-likeness (QED) is 0.760. The molecule has 0 spiro atoms. The molecule has 1 N–H and O–H groups in total. The first-order valence-electron chi connectivity index (χ1n) is 10.3.